The van der Waals surface area contributed by atoms with Crippen LogP contribution in [0.5, 0.6) is 5.75 Å². The Morgan fingerprint density at radius 3 is 2.58 bits per heavy atom. The number of nitro groups is 1. The largest absolute Gasteiger partial charge is 0.492 e. The molecule has 0 unspecified atom stereocenters. The topological polar surface area (TPSA) is 89.6 Å². The minimum atomic E-state index is -0.445. The summed E-state index contributed by atoms with van der Waals surface area (Å²) in [6, 6.07) is 17.1. The molecule has 9 heteroatoms. The maximum absolute atomic E-state index is 13.1. The number of rotatable bonds is 6. The molecule has 1 aliphatic rings. The van der Waals surface area contributed by atoms with Crippen LogP contribution in [-0.2, 0) is 4.79 Å². The first kappa shape index (κ1) is 20.3. The third-order valence-electron chi connectivity index (χ3n) is 4.70. The van der Waals surface area contributed by atoms with E-state index in [1.54, 1.807) is 30.3 Å². The fourth-order valence-corrected chi connectivity index (χ4v) is 3.59. The molecule has 31 heavy (non-hydrogen) atoms. The standard InChI is InChI=1S/C22H18N4O4S/c1-2-30-20-8-4-3-7-19(20)25-21(27)18(23-22(25)31)14-17-6-5-13-24(17)15-9-11-16(12-10-15)26(28)29/h3-14H,2H2,1H3,(H,23,31)/b18-14+. The van der Waals surface area contributed by atoms with E-state index in [4.69, 9.17) is 17.0 Å². The van der Waals surface area contributed by atoms with Gasteiger partial charge in [0.2, 0.25) is 0 Å². The van der Waals surface area contributed by atoms with Crippen molar-refractivity contribution in [2.45, 2.75) is 6.92 Å². The molecule has 0 bridgehead atoms. The molecule has 8 nitrogen and oxygen atoms in total. The van der Waals surface area contributed by atoms with Crippen LogP contribution in [0.1, 0.15) is 12.6 Å². The Labute approximate surface area is 183 Å². The molecule has 0 aliphatic carbocycles. The van der Waals surface area contributed by atoms with Crippen LogP contribution in [0.25, 0.3) is 11.8 Å². The Hall–Kier alpha value is -3.98. The number of ether oxygens (including phenoxy) is 1. The minimum absolute atomic E-state index is 0.0115. The van der Waals surface area contributed by atoms with E-state index in [0.717, 1.165) is 5.69 Å². The van der Waals surface area contributed by atoms with Crippen LogP contribution in [0, 0.1) is 10.1 Å². The van der Waals surface area contributed by atoms with Crippen LogP contribution in [0.2, 0.25) is 0 Å². The molecule has 2 heterocycles. The zero-order chi connectivity index (χ0) is 22.0. The number of amides is 1. The molecule has 1 amide bonds. The third-order valence-corrected chi connectivity index (χ3v) is 4.98. The summed E-state index contributed by atoms with van der Waals surface area (Å²) >= 11 is 5.41. The van der Waals surface area contributed by atoms with E-state index < -0.39 is 4.92 Å². The van der Waals surface area contributed by atoms with Crippen molar-refractivity contribution in [1.82, 2.24) is 9.88 Å². The molecule has 1 aromatic heterocycles. The summed E-state index contributed by atoms with van der Waals surface area (Å²) in [5.41, 5.74) is 2.35. The quantitative estimate of drug-likeness (QED) is 0.273. The van der Waals surface area contributed by atoms with Gasteiger partial charge in [-0.15, -0.1) is 0 Å². The summed E-state index contributed by atoms with van der Waals surface area (Å²) in [5.74, 6) is 0.270. The molecule has 0 spiro atoms. The normalized spacial score (nSPS) is 14.7. The van der Waals surface area contributed by atoms with Crippen molar-refractivity contribution in [3.63, 3.8) is 0 Å². The van der Waals surface area contributed by atoms with Crippen LogP contribution in [0.15, 0.2) is 72.6 Å². The lowest BCUT2D eigenvalue weighted by Crippen LogP contribution is -2.30. The molecule has 3 aromatic rings. The Morgan fingerprint density at radius 1 is 1.13 bits per heavy atom. The Kier molecular flexibility index (Phi) is 5.50. The maximum atomic E-state index is 13.1. The summed E-state index contributed by atoms with van der Waals surface area (Å²) in [6.07, 6.45) is 3.51. The fraction of sp³-hybridized carbons (Fsp3) is 0.0909. The van der Waals surface area contributed by atoms with Gasteiger partial charge in [-0.1, -0.05) is 12.1 Å². The van der Waals surface area contributed by atoms with Gasteiger partial charge in [-0.05, 0) is 61.6 Å². The Bertz CT molecular complexity index is 1200. The minimum Gasteiger partial charge on any atom is -0.492 e. The van der Waals surface area contributed by atoms with E-state index in [1.807, 2.05) is 42.0 Å². The lowest BCUT2D eigenvalue weighted by molar-refractivity contribution is -0.384. The lowest BCUT2D eigenvalue weighted by atomic mass is 10.2. The number of anilines is 1. The fourth-order valence-electron chi connectivity index (χ4n) is 3.30. The van der Waals surface area contributed by atoms with Gasteiger partial charge in [-0.3, -0.25) is 14.9 Å². The average Bonchev–Trinajstić information content (AvgIpc) is 3.33. The zero-order valence-electron chi connectivity index (χ0n) is 16.5. The van der Waals surface area contributed by atoms with Crippen molar-refractivity contribution in [2.24, 2.45) is 0 Å². The van der Waals surface area contributed by atoms with Gasteiger partial charge in [0.05, 0.1) is 17.2 Å². The molecular formula is C22H18N4O4S. The molecule has 1 saturated heterocycles. The van der Waals surface area contributed by atoms with Crippen LogP contribution in [-0.4, -0.2) is 27.1 Å². The van der Waals surface area contributed by atoms with Crippen molar-refractivity contribution in [3.8, 4) is 11.4 Å². The van der Waals surface area contributed by atoms with E-state index in [-0.39, 0.29) is 16.7 Å². The van der Waals surface area contributed by atoms with E-state index in [0.29, 0.717) is 29.4 Å². The summed E-state index contributed by atoms with van der Waals surface area (Å²) in [4.78, 5) is 25.0. The average molecular weight is 434 g/mol. The van der Waals surface area contributed by atoms with Crippen molar-refractivity contribution in [1.29, 1.82) is 0 Å². The number of para-hydroxylation sites is 2. The van der Waals surface area contributed by atoms with Crippen molar-refractivity contribution >= 4 is 40.7 Å². The van der Waals surface area contributed by atoms with Crippen molar-refractivity contribution in [3.05, 3.63) is 88.4 Å². The molecule has 0 atom stereocenters. The number of nitrogens with zero attached hydrogens (tertiary/aromatic N) is 3. The molecule has 0 radical (unpaired) electrons. The highest BCUT2D eigenvalue weighted by atomic mass is 32.1. The number of benzene rings is 2. The number of hydrogen-bond donors (Lipinski definition) is 1. The van der Waals surface area contributed by atoms with Gasteiger partial charge in [-0.25, -0.2) is 4.90 Å². The first-order valence-corrected chi connectivity index (χ1v) is 9.91. The van der Waals surface area contributed by atoms with Crippen molar-refractivity contribution in [2.75, 3.05) is 11.5 Å². The second-order valence-electron chi connectivity index (χ2n) is 6.61. The number of hydrogen-bond acceptors (Lipinski definition) is 5. The predicted molar refractivity (Wildman–Crippen MR) is 121 cm³/mol. The maximum Gasteiger partial charge on any atom is 0.281 e. The van der Waals surface area contributed by atoms with Crippen LogP contribution < -0.4 is 15.0 Å². The first-order chi connectivity index (χ1) is 15.0. The van der Waals surface area contributed by atoms with Gasteiger partial charge in [-0.2, -0.15) is 0 Å². The summed E-state index contributed by atoms with van der Waals surface area (Å²) in [5, 5.41) is 14.1. The molecule has 1 aliphatic heterocycles. The number of nitrogens with one attached hydrogen (secondary N) is 1. The number of nitro benzene ring substituents is 1. The van der Waals surface area contributed by atoms with E-state index >= 15 is 0 Å². The van der Waals surface area contributed by atoms with Gasteiger partial charge in [0.1, 0.15) is 11.4 Å². The highest BCUT2D eigenvalue weighted by molar-refractivity contribution is 7.80. The smallest absolute Gasteiger partial charge is 0.281 e. The number of non-ortho nitro benzene ring substituents is 1. The van der Waals surface area contributed by atoms with E-state index in [1.165, 1.54) is 17.0 Å². The van der Waals surface area contributed by atoms with Crippen molar-refractivity contribution < 1.29 is 14.5 Å². The molecule has 1 fully saturated rings. The zero-order valence-corrected chi connectivity index (χ0v) is 17.3. The number of aromatic nitrogens is 1. The van der Waals surface area contributed by atoms with Crippen LogP contribution in [0.3, 0.4) is 0 Å². The summed E-state index contributed by atoms with van der Waals surface area (Å²) in [7, 11) is 0. The van der Waals surface area contributed by atoms with Gasteiger partial charge in [0, 0.05) is 29.7 Å². The molecule has 2 aromatic carbocycles. The number of carbonyl (C=O) groups excluding carboxylic acids is 1. The highest BCUT2D eigenvalue weighted by Crippen LogP contribution is 2.32. The van der Waals surface area contributed by atoms with Gasteiger partial charge in [0.15, 0.2) is 5.11 Å². The number of carbonyl (C=O) groups is 1. The summed E-state index contributed by atoms with van der Waals surface area (Å²) in [6.45, 7) is 2.33. The van der Waals surface area contributed by atoms with Gasteiger partial charge in [0.25, 0.3) is 11.6 Å². The first-order valence-electron chi connectivity index (χ1n) is 9.50. The van der Waals surface area contributed by atoms with E-state index in [2.05, 4.69) is 5.32 Å². The second-order valence-corrected chi connectivity index (χ2v) is 6.99. The SMILES string of the molecule is CCOc1ccccc1N1C(=O)/C(=C\c2cccn2-c2ccc([N+](=O)[O-])cc2)NC1=S. The number of thiocarbonyl (C=S) groups is 1. The van der Waals surface area contributed by atoms with Gasteiger partial charge >= 0.3 is 0 Å². The van der Waals surface area contributed by atoms with Crippen LogP contribution >= 0.6 is 12.2 Å². The predicted octanol–water partition coefficient (Wildman–Crippen LogP) is 4.05. The van der Waals surface area contributed by atoms with Crippen LogP contribution in [0.4, 0.5) is 11.4 Å². The Morgan fingerprint density at radius 2 is 1.87 bits per heavy atom. The third kappa shape index (κ3) is 3.90. The van der Waals surface area contributed by atoms with E-state index in [9.17, 15) is 14.9 Å². The molecule has 4 rings (SSSR count). The summed E-state index contributed by atoms with van der Waals surface area (Å²) < 4.78 is 7.46. The second kappa shape index (κ2) is 8.41. The lowest BCUT2D eigenvalue weighted by Gasteiger charge is -2.17. The Balaban J connectivity index is 1.66. The highest BCUT2D eigenvalue weighted by Gasteiger charge is 2.33. The molecule has 0 saturated carbocycles. The molecule has 1 N–H and O–H groups in total. The molecular weight excluding hydrogens is 416 g/mol. The monoisotopic (exact) mass is 434 g/mol. The molecule has 156 valence electrons. The van der Waals surface area contributed by atoms with Gasteiger partial charge < -0.3 is 14.6 Å².